The highest BCUT2D eigenvalue weighted by Gasteiger charge is 2.19. The Hall–Kier alpha value is -0.490. The number of hydrogen-bond acceptors (Lipinski definition) is 3. The monoisotopic (exact) mass is 387 g/mol. The molecule has 0 aliphatic carbocycles. The van der Waals surface area contributed by atoms with Crippen LogP contribution in [0, 0.1) is 0 Å². The molecular formula is C15H19BrClN3S. The number of aromatic nitrogens is 2. The molecule has 21 heavy (non-hydrogen) atoms. The van der Waals surface area contributed by atoms with E-state index in [0.29, 0.717) is 0 Å². The summed E-state index contributed by atoms with van der Waals surface area (Å²) in [7, 11) is 0. The molecule has 0 aliphatic rings. The molecule has 1 heterocycles. The smallest absolute Gasteiger partial charge is 0.0704 e. The largest absolute Gasteiger partial charge is 0.308 e. The van der Waals surface area contributed by atoms with Gasteiger partial charge in [-0.05, 0) is 41.5 Å². The average Bonchev–Trinajstić information content (AvgIpc) is 2.86. The second-order valence-corrected chi connectivity index (χ2v) is 6.87. The molecule has 0 amide bonds. The van der Waals surface area contributed by atoms with Gasteiger partial charge in [-0.15, -0.1) is 11.8 Å². The third-order valence-electron chi connectivity index (χ3n) is 3.16. The highest BCUT2D eigenvalue weighted by molar-refractivity contribution is 9.10. The molecule has 0 radical (unpaired) electrons. The van der Waals surface area contributed by atoms with Crippen molar-refractivity contribution in [2.45, 2.75) is 31.3 Å². The summed E-state index contributed by atoms with van der Waals surface area (Å²) in [6.07, 6.45) is 1.86. The van der Waals surface area contributed by atoms with Crippen molar-refractivity contribution in [1.82, 2.24) is 15.1 Å². The van der Waals surface area contributed by atoms with Gasteiger partial charge in [0.2, 0.25) is 0 Å². The Labute approximate surface area is 143 Å². The maximum atomic E-state index is 6.23. The van der Waals surface area contributed by atoms with E-state index in [4.69, 9.17) is 11.6 Å². The van der Waals surface area contributed by atoms with Gasteiger partial charge in [-0.1, -0.05) is 30.7 Å². The molecule has 1 aromatic carbocycles. The minimum Gasteiger partial charge on any atom is -0.308 e. The molecule has 0 spiro atoms. The van der Waals surface area contributed by atoms with Crippen LogP contribution in [0.15, 0.2) is 39.8 Å². The quantitative estimate of drug-likeness (QED) is 0.693. The van der Waals surface area contributed by atoms with E-state index in [1.54, 1.807) is 11.8 Å². The lowest BCUT2D eigenvalue weighted by Crippen LogP contribution is -2.26. The van der Waals surface area contributed by atoms with Crippen molar-refractivity contribution >= 4 is 39.3 Å². The van der Waals surface area contributed by atoms with Crippen LogP contribution in [0.1, 0.15) is 25.6 Å². The summed E-state index contributed by atoms with van der Waals surface area (Å²) in [5.41, 5.74) is 1.19. The fourth-order valence-corrected chi connectivity index (χ4v) is 4.06. The number of nitrogens with zero attached hydrogens (tertiary/aromatic N) is 2. The van der Waals surface area contributed by atoms with Crippen molar-refractivity contribution in [2.24, 2.45) is 0 Å². The van der Waals surface area contributed by atoms with Gasteiger partial charge in [0.15, 0.2) is 0 Å². The Morgan fingerprint density at radius 1 is 1.38 bits per heavy atom. The average molecular weight is 389 g/mol. The summed E-state index contributed by atoms with van der Waals surface area (Å²) in [4.78, 5) is 1.11. The second kappa shape index (κ2) is 8.22. The van der Waals surface area contributed by atoms with Crippen molar-refractivity contribution in [1.29, 1.82) is 0 Å². The number of aryl methyl sites for hydroxylation is 1. The van der Waals surface area contributed by atoms with Crippen LogP contribution in [0.25, 0.3) is 0 Å². The molecule has 0 saturated heterocycles. The van der Waals surface area contributed by atoms with Crippen molar-refractivity contribution in [3.63, 3.8) is 0 Å². The topological polar surface area (TPSA) is 29.9 Å². The van der Waals surface area contributed by atoms with E-state index in [-0.39, 0.29) is 6.04 Å². The Morgan fingerprint density at radius 2 is 2.14 bits per heavy atom. The first-order chi connectivity index (χ1) is 10.2. The SMILES string of the molecule is CCNC(CSc1ccccc1Cl)c1c(Br)cnn1CC. The first-order valence-corrected chi connectivity index (χ1v) is 9.14. The van der Waals surface area contributed by atoms with Crippen LogP contribution in [-0.4, -0.2) is 22.1 Å². The summed E-state index contributed by atoms with van der Waals surface area (Å²) >= 11 is 11.6. The van der Waals surface area contributed by atoms with Crippen LogP contribution in [0.3, 0.4) is 0 Å². The number of nitrogens with one attached hydrogen (secondary N) is 1. The molecule has 0 bridgehead atoms. The van der Waals surface area contributed by atoms with Gasteiger partial charge >= 0.3 is 0 Å². The summed E-state index contributed by atoms with van der Waals surface area (Å²) in [6.45, 7) is 6.00. The maximum Gasteiger partial charge on any atom is 0.0704 e. The molecule has 6 heteroatoms. The first kappa shape index (κ1) is 16.9. The van der Waals surface area contributed by atoms with E-state index in [2.05, 4.69) is 46.3 Å². The summed E-state index contributed by atoms with van der Waals surface area (Å²) in [5.74, 6) is 0.905. The second-order valence-electron chi connectivity index (χ2n) is 4.55. The lowest BCUT2D eigenvalue weighted by Gasteiger charge is -2.19. The van der Waals surface area contributed by atoms with Crippen molar-refractivity contribution in [3.05, 3.63) is 45.7 Å². The zero-order chi connectivity index (χ0) is 15.2. The van der Waals surface area contributed by atoms with Crippen LogP contribution in [0.2, 0.25) is 5.02 Å². The van der Waals surface area contributed by atoms with Crippen LogP contribution in [-0.2, 0) is 6.54 Å². The zero-order valence-electron chi connectivity index (χ0n) is 12.1. The fraction of sp³-hybridized carbons (Fsp3) is 0.400. The van der Waals surface area contributed by atoms with Crippen LogP contribution < -0.4 is 5.32 Å². The molecule has 1 unspecified atom stereocenters. The van der Waals surface area contributed by atoms with E-state index in [1.165, 1.54) is 5.69 Å². The highest BCUT2D eigenvalue weighted by Crippen LogP contribution is 2.32. The molecule has 3 nitrogen and oxygen atoms in total. The number of thioether (sulfide) groups is 1. The fourth-order valence-electron chi connectivity index (χ4n) is 2.19. The molecule has 0 aliphatic heterocycles. The van der Waals surface area contributed by atoms with E-state index < -0.39 is 0 Å². The minimum atomic E-state index is 0.230. The van der Waals surface area contributed by atoms with Crippen LogP contribution in [0.5, 0.6) is 0 Å². The Bertz CT molecular complexity index is 588. The number of benzene rings is 1. The molecule has 0 fully saturated rings. The molecule has 2 rings (SSSR count). The first-order valence-electron chi connectivity index (χ1n) is 6.99. The minimum absolute atomic E-state index is 0.230. The van der Waals surface area contributed by atoms with Crippen LogP contribution in [0.4, 0.5) is 0 Å². The number of hydrogen-bond donors (Lipinski definition) is 1. The summed E-state index contributed by atoms with van der Waals surface area (Å²) < 4.78 is 3.08. The molecule has 1 atom stereocenters. The van der Waals surface area contributed by atoms with Crippen molar-refractivity contribution < 1.29 is 0 Å². The van der Waals surface area contributed by atoms with E-state index in [9.17, 15) is 0 Å². The Balaban J connectivity index is 2.16. The third kappa shape index (κ3) is 4.25. The van der Waals surface area contributed by atoms with Gasteiger partial charge < -0.3 is 5.32 Å². The Morgan fingerprint density at radius 3 is 2.81 bits per heavy atom. The maximum absolute atomic E-state index is 6.23. The molecule has 2 aromatic rings. The lowest BCUT2D eigenvalue weighted by molar-refractivity contribution is 0.525. The molecule has 1 aromatic heterocycles. The number of halogens is 2. The normalized spacial score (nSPS) is 12.6. The van der Waals surface area contributed by atoms with Crippen molar-refractivity contribution in [2.75, 3.05) is 12.3 Å². The molecule has 0 saturated carbocycles. The highest BCUT2D eigenvalue weighted by atomic mass is 79.9. The molecular weight excluding hydrogens is 370 g/mol. The van der Waals surface area contributed by atoms with Gasteiger partial charge in [-0.3, -0.25) is 4.68 Å². The standard InChI is InChI=1S/C15H19BrClN3S/c1-3-18-13(15-11(16)9-19-20(15)4-2)10-21-14-8-6-5-7-12(14)17/h5-9,13,18H,3-4,10H2,1-2H3. The van der Waals surface area contributed by atoms with E-state index in [0.717, 1.165) is 33.2 Å². The predicted octanol–water partition coefficient (Wildman–Crippen LogP) is 4.76. The van der Waals surface area contributed by atoms with Gasteiger partial charge in [-0.2, -0.15) is 5.10 Å². The van der Waals surface area contributed by atoms with Crippen LogP contribution >= 0.6 is 39.3 Å². The van der Waals surface area contributed by atoms with Gasteiger partial charge in [0.1, 0.15) is 0 Å². The van der Waals surface area contributed by atoms with E-state index >= 15 is 0 Å². The molecule has 114 valence electrons. The van der Waals surface area contributed by atoms with E-state index in [1.807, 2.05) is 29.1 Å². The Kier molecular flexibility index (Phi) is 6.61. The van der Waals surface area contributed by atoms with Gasteiger partial charge in [0.25, 0.3) is 0 Å². The summed E-state index contributed by atoms with van der Waals surface area (Å²) in [5, 5.41) is 8.75. The lowest BCUT2D eigenvalue weighted by atomic mass is 10.2. The van der Waals surface area contributed by atoms with Gasteiger partial charge in [-0.25, -0.2) is 0 Å². The van der Waals surface area contributed by atoms with Gasteiger partial charge in [0, 0.05) is 17.2 Å². The summed E-state index contributed by atoms with van der Waals surface area (Å²) in [6, 6.07) is 8.19. The third-order valence-corrected chi connectivity index (χ3v) is 5.38. The number of rotatable bonds is 7. The zero-order valence-corrected chi connectivity index (χ0v) is 15.3. The van der Waals surface area contributed by atoms with Crippen molar-refractivity contribution in [3.8, 4) is 0 Å². The van der Waals surface area contributed by atoms with Gasteiger partial charge in [0.05, 0.1) is 27.4 Å². The predicted molar refractivity (Wildman–Crippen MR) is 94.2 cm³/mol. The molecule has 1 N–H and O–H groups in total.